The first-order chi connectivity index (χ1) is 9.66. The van der Waals surface area contributed by atoms with Crippen LogP contribution in [0.4, 0.5) is 0 Å². The maximum atomic E-state index is 11.1. The Balaban J connectivity index is 0. The molecule has 0 atom stereocenters. The Morgan fingerprint density at radius 3 is 1.81 bits per heavy atom. The summed E-state index contributed by atoms with van der Waals surface area (Å²) in [6.07, 6.45) is 14.3. The van der Waals surface area contributed by atoms with Crippen molar-refractivity contribution in [3.8, 4) is 0 Å². The molecule has 0 aliphatic rings. The molecule has 0 saturated heterocycles. The fourth-order valence-electron chi connectivity index (χ4n) is 2.03. The number of carbonyl (C=O) groups excluding carboxylic acids is 2. The standard InChI is InChI=1S/C16H29NO3.Na/c1-2-3-4-5-6-7-8-9-10-11-14-17-15(18)12-13-16(19)20;/h12-13H,2-11,14H2,1H3,(H,17,18)(H,19,20);/q;+1/p-1. The van der Waals surface area contributed by atoms with Crippen molar-refractivity contribution in [3.05, 3.63) is 12.2 Å². The second-order valence-corrected chi connectivity index (χ2v) is 5.13. The maximum Gasteiger partial charge on any atom is 1.00 e. The average Bonchev–Trinajstić information content (AvgIpc) is 2.42. The van der Waals surface area contributed by atoms with Gasteiger partial charge in [0.2, 0.25) is 5.91 Å². The summed E-state index contributed by atoms with van der Waals surface area (Å²) < 4.78 is 0. The number of hydrogen-bond acceptors (Lipinski definition) is 3. The third kappa shape index (κ3) is 19.7. The third-order valence-corrected chi connectivity index (χ3v) is 3.20. The minimum Gasteiger partial charge on any atom is -0.545 e. The largest absolute Gasteiger partial charge is 1.00 e. The molecule has 0 heterocycles. The van der Waals surface area contributed by atoms with Crippen LogP contribution in [0, 0.1) is 0 Å². The molecule has 0 bridgehead atoms. The predicted molar refractivity (Wildman–Crippen MR) is 79.0 cm³/mol. The zero-order chi connectivity index (χ0) is 15.1. The van der Waals surface area contributed by atoms with E-state index in [0.29, 0.717) is 6.54 Å². The van der Waals surface area contributed by atoms with E-state index < -0.39 is 5.97 Å². The van der Waals surface area contributed by atoms with E-state index in [4.69, 9.17) is 0 Å². The molecule has 4 nitrogen and oxygen atoms in total. The molecule has 116 valence electrons. The van der Waals surface area contributed by atoms with E-state index in [0.717, 1.165) is 25.0 Å². The number of aliphatic carboxylic acids is 1. The fraction of sp³-hybridized carbons (Fsp3) is 0.750. The molecule has 5 heteroatoms. The van der Waals surface area contributed by atoms with E-state index in [1.807, 2.05) is 0 Å². The molecule has 0 aromatic heterocycles. The second-order valence-electron chi connectivity index (χ2n) is 5.13. The van der Waals surface area contributed by atoms with E-state index in [-0.39, 0.29) is 35.5 Å². The normalized spacial score (nSPS) is 10.3. The summed E-state index contributed by atoms with van der Waals surface area (Å²) in [7, 11) is 0. The van der Waals surface area contributed by atoms with Gasteiger partial charge in [-0.25, -0.2) is 0 Å². The number of nitrogens with one attached hydrogen (secondary N) is 1. The van der Waals surface area contributed by atoms with Gasteiger partial charge in [-0.1, -0.05) is 64.7 Å². The zero-order valence-electron chi connectivity index (χ0n) is 13.7. The number of amides is 1. The molecule has 0 saturated carbocycles. The van der Waals surface area contributed by atoms with Crippen LogP contribution in [0.25, 0.3) is 0 Å². The van der Waals surface area contributed by atoms with Crippen molar-refractivity contribution in [2.75, 3.05) is 6.54 Å². The summed E-state index contributed by atoms with van der Waals surface area (Å²) >= 11 is 0. The Morgan fingerprint density at radius 2 is 1.33 bits per heavy atom. The van der Waals surface area contributed by atoms with Crippen LogP contribution in [0.2, 0.25) is 0 Å². The molecule has 0 fully saturated rings. The average molecular weight is 305 g/mol. The predicted octanol–water partition coefficient (Wildman–Crippen LogP) is -0.666. The van der Waals surface area contributed by atoms with E-state index in [2.05, 4.69) is 12.2 Å². The van der Waals surface area contributed by atoms with Gasteiger partial charge in [0.15, 0.2) is 0 Å². The summed E-state index contributed by atoms with van der Waals surface area (Å²) in [5.74, 6) is -1.72. The fourth-order valence-corrected chi connectivity index (χ4v) is 2.03. The minimum absolute atomic E-state index is 0. The topological polar surface area (TPSA) is 69.2 Å². The van der Waals surface area contributed by atoms with E-state index in [9.17, 15) is 14.7 Å². The van der Waals surface area contributed by atoms with Crippen LogP contribution < -0.4 is 40.0 Å². The van der Waals surface area contributed by atoms with Crippen molar-refractivity contribution in [2.24, 2.45) is 0 Å². The van der Waals surface area contributed by atoms with E-state index >= 15 is 0 Å². The van der Waals surface area contributed by atoms with Crippen molar-refractivity contribution in [3.63, 3.8) is 0 Å². The van der Waals surface area contributed by atoms with Gasteiger partial charge in [0, 0.05) is 12.6 Å². The molecule has 1 amide bonds. The van der Waals surface area contributed by atoms with E-state index in [1.54, 1.807) is 0 Å². The molecule has 0 aromatic carbocycles. The second kappa shape index (κ2) is 17.7. The van der Waals surface area contributed by atoms with Crippen LogP contribution in [0.3, 0.4) is 0 Å². The molecule has 0 unspecified atom stereocenters. The molecule has 0 aliphatic carbocycles. The molecular formula is C16H28NNaO3. The summed E-state index contributed by atoms with van der Waals surface area (Å²) in [6, 6.07) is 0. The van der Waals surface area contributed by atoms with Crippen LogP contribution in [-0.4, -0.2) is 18.4 Å². The summed E-state index contributed by atoms with van der Waals surface area (Å²) in [4.78, 5) is 21.2. The molecule has 1 N–H and O–H groups in total. The maximum absolute atomic E-state index is 11.1. The SMILES string of the molecule is CCCCCCCCCCCCNC(=O)C=CC(=O)[O-].[Na+]. The summed E-state index contributed by atoms with van der Waals surface area (Å²) in [5, 5.41) is 12.7. The van der Waals surface area contributed by atoms with Crippen molar-refractivity contribution >= 4 is 11.9 Å². The quantitative estimate of drug-likeness (QED) is 0.279. The van der Waals surface area contributed by atoms with Crippen LogP contribution in [0.5, 0.6) is 0 Å². The Morgan fingerprint density at radius 1 is 0.857 bits per heavy atom. The molecule has 0 rings (SSSR count). The van der Waals surface area contributed by atoms with Gasteiger partial charge in [0.05, 0.1) is 5.97 Å². The van der Waals surface area contributed by atoms with Gasteiger partial charge in [-0.05, 0) is 12.5 Å². The summed E-state index contributed by atoms with van der Waals surface area (Å²) in [6.45, 7) is 2.83. The Hall–Kier alpha value is -0.320. The van der Waals surface area contributed by atoms with Crippen LogP contribution >= 0.6 is 0 Å². The van der Waals surface area contributed by atoms with Crippen molar-refractivity contribution < 1.29 is 44.3 Å². The zero-order valence-corrected chi connectivity index (χ0v) is 15.7. The van der Waals surface area contributed by atoms with E-state index in [1.165, 1.54) is 51.4 Å². The number of carbonyl (C=O) groups is 2. The van der Waals surface area contributed by atoms with Crippen LogP contribution in [-0.2, 0) is 9.59 Å². The third-order valence-electron chi connectivity index (χ3n) is 3.20. The number of carboxylic acid groups (broad SMARTS) is 1. The smallest absolute Gasteiger partial charge is 0.545 e. The first-order valence-electron chi connectivity index (χ1n) is 7.83. The monoisotopic (exact) mass is 305 g/mol. The van der Waals surface area contributed by atoms with Gasteiger partial charge >= 0.3 is 29.6 Å². The molecular weight excluding hydrogens is 277 g/mol. The van der Waals surface area contributed by atoms with Gasteiger partial charge in [-0.3, -0.25) is 4.79 Å². The minimum atomic E-state index is -1.35. The van der Waals surface area contributed by atoms with Crippen molar-refractivity contribution in [1.82, 2.24) is 5.32 Å². The van der Waals surface area contributed by atoms with Crippen LogP contribution in [0.15, 0.2) is 12.2 Å². The number of hydrogen-bond donors (Lipinski definition) is 1. The molecule has 0 aromatic rings. The van der Waals surface area contributed by atoms with Gasteiger partial charge in [0.25, 0.3) is 0 Å². The van der Waals surface area contributed by atoms with Crippen molar-refractivity contribution in [2.45, 2.75) is 71.1 Å². The van der Waals surface area contributed by atoms with Crippen LogP contribution in [0.1, 0.15) is 71.1 Å². The number of carboxylic acids is 1. The molecule has 21 heavy (non-hydrogen) atoms. The Bertz CT molecular complexity index is 293. The van der Waals surface area contributed by atoms with Gasteiger partial charge in [-0.15, -0.1) is 0 Å². The Labute approximate surface area is 151 Å². The van der Waals surface area contributed by atoms with Gasteiger partial charge in [0.1, 0.15) is 0 Å². The van der Waals surface area contributed by atoms with Gasteiger partial charge < -0.3 is 15.2 Å². The number of rotatable bonds is 13. The first kappa shape index (κ1) is 23.0. The first-order valence-corrected chi connectivity index (χ1v) is 7.83. The number of unbranched alkanes of at least 4 members (excludes halogenated alkanes) is 9. The van der Waals surface area contributed by atoms with Gasteiger partial charge in [-0.2, -0.15) is 0 Å². The molecule has 0 spiro atoms. The molecule has 0 radical (unpaired) electrons. The summed E-state index contributed by atoms with van der Waals surface area (Å²) in [5.41, 5.74) is 0. The van der Waals surface area contributed by atoms with Crippen molar-refractivity contribution in [1.29, 1.82) is 0 Å². The Kier molecular flexibility index (Phi) is 19.4. The molecule has 0 aliphatic heterocycles.